The molecule has 1 saturated heterocycles. The van der Waals surface area contributed by atoms with E-state index in [4.69, 9.17) is 9.47 Å². The lowest BCUT2D eigenvalue weighted by molar-refractivity contribution is -0.117. The Morgan fingerprint density at radius 2 is 1.93 bits per heavy atom. The summed E-state index contributed by atoms with van der Waals surface area (Å²) in [5.41, 5.74) is 1.83. The zero-order valence-electron chi connectivity index (χ0n) is 17.0. The summed E-state index contributed by atoms with van der Waals surface area (Å²) < 4.78 is 26.3. The van der Waals surface area contributed by atoms with E-state index < -0.39 is 11.7 Å². The first-order valence-corrected chi connectivity index (χ1v) is 9.56. The number of aromatic nitrogens is 1. The molecular formula is C22H22FN3O4. The molecule has 1 aliphatic heterocycles. The van der Waals surface area contributed by atoms with Crippen LogP contribution in [-0.2, 0) is 11.8 Å². The fourth-order valence-corrected chi connectivity index (χ4v) is 3.90. The monoisotopic (exact) mass is 411 g/mol. The van der Waals surface area contributed by atoms with Crippen LogP contribution in [0.5, 0.6) is 11.5 Å². The predicted octanol–water partition coefficient (Wildman–Crippen LogP) is 3.71. The van der Waals surface area contributed by atoms with Gasteiger partial charge in [0.15, 0.2) is 0 Å². The van der Waals surface area contributed by atoms with Gasteiger partial charge < -0.3 is 24.3 Å². The zero-order valence-corrected chi connectivity index (χ0v) is 17.0. The smallest absolute Gasteiger partial charge is 0.274 e. The molecule has 1 aliphatic rings. The number of ether oxygens (including phenoxy) is 2. The van der Waals surface area contributed by atoms with Crippen LogP contribution in [-0.4, -0.2) is 37.1 Å². The average molecular weight is 411 g/mol. The highest BCUT2D eigenvalue weighted by Crippen LogP contribution is 2.37. The Kier molecular flexibility index (Phi) is 5.07. The van der Waals surface area contributed by atoms with Gasteiger partial charge in [0.1, 0.15) is 23.0 Å². The van der Waals surface area contributed by atoms with E-state index in [1.807, 2.05) is 0 Å². The number of anilines is 2. The van der Waals surface area contributed by atoms with Crippen molar-refractivity contribution in [3.63, 3.8) is 0 Å². The molecule has 0 atom stereocenters. The number of nitrogens with zero attached hydrogens (tertiary/aromatic N) is 2. The van der Waals surface area contributed by atoms with Crippen LogP contribution in [0.15, 0.2) is 36.4 Å². The molecule has 3 aromatic rings. The molecule has 2 aromatic carbocycles. The van der Waals surface area contributed by atoms with Crippen LogP contribution >= 0.6 is 0 Å². The van der Waals surface area contributed by atoms with E-state index >= 15 is 0 Å². The summed E-state index contributed by atoms with van der Waals surface area (Å²) >= 11 is 0. The SMILES string of the molecule is COc1ccc(NC(=O)c2c(N3CCCC3=O)c3cc(F)ccc3n2C)c(OC)c1. The summed E-state index contributed by atoms with van der Waals surface area (Å²) in [7, 11) is 4.77. The van der Waals surface area contributed by atoms with Crippen molar-refractivity contribution in [2.24, 2.45) is 7.05 Å². The molecule has 0 aliphatic carbocycles. The molecule has 1 N–H and O–H groups in total. The first-order chi connectivity index (χ1) is 14.4. The van der Waals surface area contributed by atoms with Gasteiger partial charge >= 0.3 is 0 Å². The van der Waals surface area contributed by atoms with Crippen molar-refractivity contribution in [1.82, 2.24) is 4.57 Å². The van der Waals surface area contributed by atoms with Crippen molar-refractivity contribution in [3.8, 4) is 11.5 Å². The van der Waals surface area contributed by atoms with Gasteiger partial charge in [0.2, 0.25) is 5.91 Å². The Balaban J connectivity index is 1.83. The largest absolute Gasteiger partial charge is 0.497 e. The molecule has 7 nitrogen and oxygen atoms in total. The number of carbonyl (C=O) groups excluding carboxylic acids is 2. The van der Waals surface area contributed by atoms with Gasteiger partial charge in [-0.05, 0) is 36.8 Å². The Morgan fingerprint density at radius 3 is 2.60 bits per heavy atom. The average Bonchev–Trinajstić information content (AvgIpc) is 3.28. The van der Waals surface area contributed by atoms with Crippen molar-refractivity contribution in [3.05, 3.63) is 47.9 Å². The molecule has 4 rings (SSSR count). The van der Waals surface area contributed by atoms with Gasteiger partial charge in [0.25, 0.3) is 5.91 Å². The van der Waals surface area contributed by atoms with Crippen LogP contribution in [0.25, 0.3) is 10.9 Å². The molecule has 1 aromatic heterocycles. The third kappa shape index (κ3) is 3.24. The van der Waals surface area contributed by atoms with Crippen LogP contribution in [0.3, 0.4) is 0 Å². The van der Waals surface area contributed by atoms with E-state index in [1.54, 1.807) is 47.9 Å². The van der Waals surface area contributed by atoms with E-state index in [0.29, 0.717) is 53.2 Å². The number of hydrogen-bond donors (Lipinski definition) is 1. The van der Waals surface area contributed by atoms with Crippen LogP contribution in [0.4, 0.5) is 15.8 Å². The minimum Gasteiger partial charge on any atom is -0.497 e. The summed E-state index contributed by atoms with van der Waals surface area (Å²) in [6.45, 7) is 0.487. The molecule has 0 saturated carbocycles. The van der Waals surface area contributed by atoms with Gasteiger partial charge in [-0.2, -0.15) is 0 Å². The van der Waals surface area contributed by atoms with E-state index in [0.717, 1.165) is 0 Å². The first kappa shape index (κ1) is 19.8. The molecule has 0 bridgehead atoms. The molecule has 2 amide bonds. The van der Waals surface area contributed by atoms with Crippen molar-refractivity contribution < 1.29 is 23.5 Å². The highest BCUT2D eigenvalue weighted by atomic mass is 19.1. The number of amides is 2. The molecular weight excluding hydrogens is 389 g/mol. The molecule has 0 spiro atoms. The lowest BCUT2D eigenvalue weighted by atomic mass is 10.2. The second kappa shape index (κ2) is 7.70. The van der Waals surface area contributed by atoms with Crippen molar-refractivity contribution in [2.75, 3.05) is 31.0 Å². The van der Waals surface area contributed by atoms with E-state index in [-0.39, 0.29) is 11.6 Å². The number of halogens is 1. The Morgan fingerprint density at radius 1 is 1.13 bits per heavy atom. The number of aryl methyl sites for hydroxylation is 1. The molecule has 156 valence electrons. The Hall–Kier alpha value is -3.55. The van der Waals surface area contributed by atoms with Crippen molar-refractivity contribution in [2.45, 2.75) is 12.8 Å². The Bertz CT molecular complexity index is 1150. The number of fused-ring (bicyclic) bond motifs is 1. The molecule has 0 radical (unpaired) electrons. The third-order valence-corrected chi connectivity index (χ3v) is 5.35. The van der Waals surface area contributed by atoms with Crippen molar-refractivity contribution >= 4 is 34.1 Å². The number of methoxy groups -OCH3 is 2. The van der Waals surface area contributed by atoms with Gasteiger partial charge in [0, 0.05) is 31.5 Å². The van der Waals surface area contributed by atoms with Gasteiger partial charge in [-0.1, -0.05) is 0 Å². The molecule has 30 heavy (non-hydrogen) atoms. The maximum Gasteiger partial charge on any atom is 0.274 e. The number of rotatable bonds is 5. The highest BCUT2D eigenvalue weighted by molar-refractivity contribution is 6.17. The van der Waals surface area contributed by atoms with Crippen LogP contribution < -0.4 is 19.7 Å². The summed E-state index contributed by atoms with van der Waals surface area (Å²) in [6, 6.07) is 9.36. The minimum atomic E-state index is -0.426. The first-order valence-electron chi connectivity index (χ1n) is 9.56. The predicted molar refractivity (Wildman–Crippen MR) is 112 cm³/mol. The van der Waals surface area contributed by atoms with E-state index in [2.05, 4.69) is 5.32 Å². The van der Waals surface area contributed by atoms with Crippen molar-refractivity contribution in [1.29, 1.82) is 0 Å². The topological polar surface area (TPSA) is 72.8 Å². The minimum absolute atomic E-state index is 0.0807. The van der Waals surface area contributed by atoms with Crippen LogP contribution in [0.1, 0.15) is 23.3 Å². The van der Waals surface area contributed by atoms with Gasteiger partial charge in [-0.25, -0.2) is 4.39 Å². The second-order valence-corrected chi connectivity index (χ2v) is 7.09. The lowest BCUT2D eigenvalue weighted by Crippen LogP contribution is -2.27. The Labute approximate surface area is 173 Å². The summed E-state index contributed by atoms with van der Waals surface area (Å²) in [6.07, 6.45) is 1.09. The molecule has 0 unspecified atom stereocenters. The summed E-state index contributed by atoms with van der Waals surface area (Å²) in [4.78, 5) is 27.4. The fourth-order valence-electron chi connectivity index (χ4n) is 3.90. The van der Waals surface area contributed by atoms with E-state index in [9.17, 15) is 14.0 Å². The number of hydrogen-bond acceptors (Lipinski definition) is 4. The van der Waals surface area contributed by atoms with Gasteiger partial charge in [-0.3, -0.25) is 9.59 Å². The fraction of sp³-hybridized carbons (Fsp3) is 0.273. The molecule has 2 heterocycles. The molecule has 8 heteroatoms. The highest BCUT2D eigenvalue weighted by Gasteiger charge is 2.31. The third-order valence-electron chi connectivity index (χ3n) is 5.35. The quantitative estimate of drug-likeness (QED) is 0.695. The second-order valence-electron chi connectivity index (χ2n) is 7.09. The standard InChI is InChI=1S/C22H22FN3O4/c1-25-17-9-6-13(23)11-15(17)20(26-10-4-5-19(26)27)21(25)22(28)24-16-8-7-14(29-2)12-18(16)30-3/h6-9,11-12H,4-5,10H2,1-3H3,(H,24,28). The van der Waals surface area contributed by atoms with E-state index in [1.165, 1.54) is 19.2 Å². The summed E-state index contributed by atoms with van der Waals surface area (Å²) in [5.74, 6) is 0.0967. The van der Waals surface area contributed by atoms with Crippen LogP contribution in [0, 0.1) is 5.82 Å². The van der Waals surface area contributed by atoms with Gasteiger partial charge in [-0.15, -0.1) is 0 Å². The lowest BCUT2D eigenvalue weighted by Gasteiger charge is -2.18. The zero-order chi connectivity index (χ0) is 21.4. The normalized spacial score (nSPS) is 13.7. The van der Waals surface area contributed by atoms with Gasteiger partial charge in [0.05, 0.1) is 31.1 Å². The number of carbonyl (C=O) groups is 2. The number of benzene rings is 2. The van der Waals surface area contributed by atoms with Crippen LogP contribution in [0.2, 0.25) is 0 Å². The maximum absolute atomic E-state index is 14.0. The molecule has 1 fully saturated rings. The summed E-state index contributed by atoms with van der Waals surface area (Å²) in [5, 5.41) is 3.38. The maximum atomic E-state index is 14.0. The number of nitrogens with one attached hydrogen (secondary N) is 1.